The van der Waals surface area contributed by atoms with Crippen molar-refractivity contribution in [1.82, 2.24) is 9.97 Å². The molecule has 2 heterocycles. The van der Waals surface area contributed by atoms with Gasteiger partial charge in [-0.15, -0.1) is 0 Å². The summed E-state index contributed by atoms with van der Waals surface area (Å²) in [5.74, 6) is 1.33. The minimum absolute atomic E-state index is 0.0795. The smallest absolute Gasteiger partial charge is 0.266 e. The van der Waals surface area contributed by atoms with Gasteiger partial charge in [-0.3, -0.25) is 9.78 Å². The highest BCUT2D eigenvalue weighted by atomic mass is 16.5. The lowest BCUT2D eigenvalue weighted by Crippen LogP contribution is -2.12. The van der Waals surface area contributed by atoms with Crippen molar-refractivity contribution in [2.75, 3.05) is 7.11 Å². The standard InChI is InChI=1S/C24H19N3O3/c1-15-11-19(20(13-25)24(28)27-15)17-8-9-21(29-2)18(12-17)14-30-22-7-3-5-16-6-4-10-26-23(16)22/h3-12H,14H2,1-2H3,(H,27,28). The van der Waals surface area contributed by atoms with E-state index < -0.39 is 5.56 Å². The summed E-state index contributed by atoms with van der Waals surface area (Å²) in [6, 6.07) is 19.0. The molecule has 0 saturated carbocycles. The number of nitrogens with one attached hydrogen (secondary N) is 1. The lowest BCUT2D eigenvalue weighted by molar-refractivity contribution is 0.299. The Hall–Kier alpha value is -4.11. The Morgan fingerprint density at radius 2 is 1.93 bits per heavy atom. The van der Waals surface area contributed by atoms with Crippen molar-refractivity contribution in [3.05, 3.63) is 88.0 Å². The number of H-pyrrole nitrogens is 1. The predicted octanol–water partition coefficient (Wildman–Crippen LogP) is 4.36. The minimum Gasteiger partial charge on any atom is -0.496 e. The van der Waals surface area contributed by atoms with Crippen LogP contribution in [0, 0.1) is 18.3 Å². The number of ether oxygens (including phenoxy) is 2. The number of fused-ring (bicyclic) bond motifs is 1. The van der Waals surface area contributed by atoms with E-state index in [4.69, 9.17) is 9.47 Å². The molecule has 0 aliphatic rings. The van der Waals surface area contributed by atoms with Crippen molar-refractivity contribution >= 4 is 10.9 Å². The third-order valence-corrected chi connectivity index (χ3v) is 4.85. The van der Waals surface area contributed by atoms with Gasteiger partial charge in [0.05, 0.1) is 7.11 Å². The molecule has 0 aliphatic carbocycles. The maximum atomic E-state index is 12.2. The maximum Gasteiger partial charge on any atom is 0.266 e. The van der Waals surface area contributed by atoms with E-state index in [0.717, 1.165) is 22.0 Å². The van der Waals surface area contributed by atoms with E-state index in [9.17, 15) is 10.1 Å². The average molecular weight is 397 g/mol. The number of rotatable bonds is 5. The van der Waals surface area contributed by atoms with Gasteiger partial charge in [-0.25, -0.2) is 0 Å². The molecule has 0 aliphatic heterocycles. The molecule has 6 heteroatoms. The van der Waals surface area contributed by atoms with Crippen LogP contribution in [0.1, 0.15) is 16.8 Å². The van der Waals surface area contributed by atoms with Gasteiger partial charge in [0.1, 0.15) is 35.3 Å². The van der Waals surface area contributed by atoms with Crippen molar-refractivity contribution in [2.24, 2.45) is 0 Å². The van der Waals surface area contributed by atoms with E-state index in [1.807, 2.05) is 54.6 Å². The number of benzene rings is 2. The first-order valence-corrected chi connectivity index (χ1v) is 9.38. The first-order valence-electron chi connectivity index (χ1n) is 9.38. The van der Waals surface area contributed by atoms with Gasteiger partial charge in [-0.05, 0) is 42.8 Å². The summed E-state index contributed by atoms with van der Waals surface area (Å²) in [5.41, 5.74) is 3.27. The first-order chi connectivity index (χ1) is 14.6. The maximum absolute atomic E-state index is 12.2. The predicted molar refractivity (Wildman–Crippen MR) is 115 cm³/mol. The van der Waals surface area contributed by atoms with Crippen molar-refractivity contribution in [3.63, 3.8) is 0 Å². The number of aryl methyl sites for hydroxylation is 1. The van der Waals surface area contributed by atoms with Crippen LogP contribution in [-0.2, 0) is 6.61 Å². The van der Waals surface area contributed by atoms with Gasteiger partial charge in [-0.2, -0.15) is 5.26 Å². The van der Waals surface area contributed by atoms with Gasteiger partial charge in [-0.1, -0.05) is 24.3 Å². The highest BCUT2D eigenvalue weighted by molar-refractivity contribution is 5.84. The fraction of sp³-hybridized carbons (Fsp3) is 0.125. The average Bonchev–Trinajstić information content (AvgIpc) is 2.77. The number of nitrogens with zero attached hydrogens (tertiary/aromatic N) is 2. The Morgan fingerprint density at radius 1 is 1.10 bits per heavy atom. The molecule has 0 saturated heterocycles. The van der Waals surface area contributed by atoms with Crippen LogP contribution in [0.3, 0.4) is 0 Å². The Labute approximate surface area is 173 Å². The zero-order chi connectivity index (χ0) is 21.1. The lowest BCUT2D eigenvalue weighted by atomic mass is 9.99. The Kier molecular flexibility index (Phi) is 5.19. The van der Waals surface area contributed by atoms with Gasteiger partial charge < -0.3 is 14.5 Å². The zero-order valence-corrected chi connectivity index (χ0v) is 16.6. The Bertz CT molecular complexity index is 1330. The lowest BCUT2D eigenvalue weighted by Gasteiger charge is -2.14. The molecule has 148 valence electrons. The fourth-order valence-corrected chi connectivity index (χ4v) is 3.43. The number of hydrogen-bond acceptors (Lipinski definition) is 5. The van der Waals surface area contributed by atoms with Gasteiger partial charge in [0.25, 0.3) is 5.56 Å². The Morgan fingerprint density at radius 3 is 2.73 bits per heavy atom. The number of hydrogen-bond donors (Lipinski definition) is 1. The number of pyridine rings is 2. The number of aromatic nitrogens is 2. The van der Waals surface area contributed by atoms with Crippen molar-refractivity contribution in [2.45, 2.75) is 13.5 Å². The van der Waals surface area contributed by atoms with Crippen molar-refractivity contribution in [1.29, 1.82) is 5.26 Å². The molecule has 6 nitrogen and oxygen atoms in total. The van der Waals surface area contributed by atoms with E-state index in [1.165, 1.54) is 0 Å². The van der Waals surface area contributed by atoms with Crippen LogP contribution in [-0.4, -0.2) is 17.1 Å². The van der Waals surface area contributed by atoms with E-state index in [2.05, 4.69) is 9.97 Å². The largest absolute Gasteiger partial charge is 0.496 e. The van der Waals surface area contributed by atoms with E-state index in [0.29, 0.717) is 22.8 Å². The van der Waals surface area contributed by atoms with Crippen LogP contribution in [0.5, 0.6) is 11.5 Å². The molecule has 2 aromatic heterocycles. The Balaban J connectivity index is 1.73. The molecular weight excluding hydrogens is 378 g/mol. The zero-order valence-electron chi connectivity index (χ0n) is 16.6. The van der Waals surface area contributed by atoms with Crippen LogP contribution in [0.15, 0.2) is 65.6 Å². The van der Waals surface area contributed by atoms with Gasteiger partial charge >= 0.3 is 0 Å². The molecule has 4 rings (SSSR count). The second kappa shape index (κ2) is 8.10. The number of para-hydroxylation sites is 1. The topological polar surface area (TPSA) is 88.0 Å². The fourth-order valence-electron chi connectivity index (χ4n) is 3.43. The summed E-state index contributed by atoms with van der Waals surface area (Å²) >= 11 is 0. The number of nitriles is 1. The molecule has 0 bridgehead atoms. The van der Waals surface area contributed by atoms with Gasteiger partial charge in [0.2, 0.25) is 0 Å². The summed E-state index contributed by atoms with van der Waals surface area (Å²) in [6.45, 7) is 2.03. The number of methoxy groups -OCH3 is 1. The third kappa shape index (κ3) is 3.61. The molecule has 0 fully saturated rings. The van der Waals surface area contributed by atoms with E-state index >= 15 is 0 Å². The molecular formula is C24H19N3O3. The first kappa shape index (κ1) is 19.2. The van der Waals surface area contributed by atoms with Crippen LogP contribution in [0.2, 0.25) is 0 Å². The molecule has 30 heavy (non-hydrogen) atoms. The summed E-state index contributed by atoms with van der Waals surface area (Å²) in [6.07, 6.45) is 1.73. The van der Waals surface area contributed by atoms with Gasteiger partial charge in [0, 0.05) is 28.4 Å². The van der Waals surface area contributed by atoms with Crippen LogP contribution in [0.4, 0.5) is 0 Å². The SMILES string of the molecule is COc1ccc(-c2cc(C)[nH]c(=O)c2C#N)cc1COc1cccc2cccnc12. The molecule has 0 radical (unpaired) electrons. The van der Waals surface area contributed by atoms with Crippen LogP contribution >= 0.6 is 0 Å². The minimum atomic E-state index is -0.400. The monoisotopic (exact) mass is 397 g/mol. The molecule has 0 spiro atoms. The second-order valence-corrected chi connectivity index (χ2v) is 6.83. The molecule has 1 N–H and O–H groups in total. The summed E-state index contributed by atoms with van der Waals surface area (Å²) < 4.78 is 11.6. The molecule has 0 unspecified atom stereocenters. The molecule has 2 aromatic carbocycles. The summed E-state index contributed by atoms with van der Waals surface area (Å²) in [7, 11) is 1.59. The quantitative estimate of drug-likeness (QED) is 0.541. The van der Waals surface area contributed by atoms with Crippen LogP contribution in [0.25, 0.3) is 22.0 Å². The van der Waals surface area contributed by atoms with Crippen molar-refractivity contribution < 1.29 is 9.47 Å². The molecule has 4 aromatic rings. The van der Waals surface area contributed by atoms with Gasteiger partial charge in [0.15, 0.2) is 0 Å². The van der Waals surface area contributed by atoms with Crippen molar-refractivity contribution in [3.8, 4) is 28.7 Å². The summed E-state index contributed by atoms with van der Waals surface area (Å²) in [4.78, 5) is 19.3. The van der Waals surface area contributed by atoms with E-state index in [1.54, 1.807) is 26.3 Å². The number of aromatic amines is 1. The highest BCUT2D eigenvalue weighted by Gasteiger charge is 2.14. The van der Waals surface area contributed by atoms with E-state index in [-0.39, 0.29) is 12.2 Å². The normalized spacial score (nSPS) is 10.6. The highest BCUT2D eigenvalue weighted by Crippen LogP contribution is 2.30. The molecule has 0 atom stereocenters. The second-order valence-electron chi connectivity index (χ2n) is 6.83. The molecule has 0 amide bonds. The third-order valence-electron chi connectivity index (χ3n) is 4.85. The van der Waals surface area contributed by atoms with Crippen LogP contribution < -0.4 is 15.0 Å². The summed E-state index contributed by atoms with van der Waals surface area (Å²) in [5, 5.41) is 10.4.